The van der Waals surface area contributed by atoms with Crippen LogP contribution in [0.4, 0.5) is 0 Å². The van der Waals surface area contributed by atoms with Gasteiger partial charge in [0.25, 0.3) is 0 Å². The van der Waals surface area contributed by atoms with Crippen molar-refractivity contribution in [3.63, 3.8) is 0 Å². The van der Waals surface area contributed by atoms with Crippen LogP contribution in [0.2, 0.25) is 0 Å². The third kappa shape index (κ3) is 12.1. The molecule has 0 saturated heterocycles. The Labute approximate surface area is 385 Å². The molecule has 0 amide bonds. The number of carbonyl (C=O) groups excluding carboxylic acids is 1. The molecule has 0 unspecified atom stereocenters. The molecule has 5 heterocycles. The Bertz CT molecular complexity index is 2740. The summed E-state index contributed by atoms with van der Waals surface area (Å²) in [6.07, 6.45) is 7.14. The zero-order chi connectivity index (χ0) is 44.5. The van der Waals surface area contributed by atoms with Crippen LogP contribution >= 0.6 is 11.6 Å². The molecule has 318 valence electrons. The third-order valence-electron chi connectivity index (χ3n) is 9.27. The maximum atomic E-state index is 9.58. The van der Waals surface area contributed by atoms with Gasteiger partial charge in [0.15, 0.2) is 0 Å². The molecule has 1 N–H and O–H groups in total. The van der Waals surface area contributed by atoms with Gasteiger partial charge in [-0.05, 0) is 74.0 Å². The number of aromatic nitrogens is 9. The standard InChI is InChI=1S/C15H17N3O2.C12H13N5O.C12H12N2O.C3H5ClO.N3.Na/c1-4-14-16-17-15(20-14)12-9-18(5-2)13-8-10(19-3)6-7-11(12)13;1-3-17-7-10(12-13-15-16-14-12)9-5-4-8(18-2)6-11(9)17;1-3-14-8-9(7-13)11-5-4-10(15-2)6-12(11)14;1-2-3(4)5;1-3-2;/h6-9H,4-5H2,1-3H3;4-7H,3H2,1-2H3,(H,13,14,15,16);4-6,8H,3H2,1-2H3;2H2,1H3;;/q;;;;-1;+1. The van der Waals surface area contributed by atoms with Gasteiger partial charge in [-0.25, -0.2) is 0 Å². The van der Waals surface area contributed by atoms with E-state index >= 15 is 0 Å². The van der Waals surface area contributed by atoms with Crippen LogP contribution in [-0.4, -0.2) is 71.1 Å². The maximum absolute atomic E-state index is 9.58. The summed E-state index contributed by atoms with van der Waals surface area (Å²) in [6.45, 7) is 12.6. The largest absolute Gasteiger partial charge is 1.00 e. The number of rotatable bonds is 10. The van der Waals surface area contributed by atoms with E-state index in [1.807, 2.05) is 73.9 Å². The van der Waals surface area contributed by atoms with Crippen LogP contribution < -0.4 is 43.8 Å². The first-order valence-corrected chi connectivity index (χ1v) is 19.6. The summed E-state index contributed by atoms with van der Waals surface area (Å²) in [7, 11) is 4.99. The second-order valence-electron chi connectivity index (χ2n) is 12.6. The Morgan fingerprint density at radius 3 is 1.61 bits per heavy atom. The summed E-state index contributed by atoms with van der Waals surface area (Å²) in [6, 6.07) is 19.9. The van der Waals surface area contributed by atoms with Crippen molar-refractivity contribution < 1.29 is 53.0 Å². The molecule has 3 aromatic carbocycles. The van der Waals surface area contributed by atoms with Crippen molar-refractivity contribution in [2.45, 2.75) is 67.1 Å². The molecule has 5 aromatic heterocycles. The monoisotopic (exact) mass is 871 g/mol. The SMILES string of the molecule is CCC(=O)Cl.CCc1nnc(-c2cn(CC)c3cc(OC)ccc23)o1.CCn1cc(-c2nn[nH]n2)c2ccc(OC)cc21.CCn1cc(C#N)c2ccc(OC)cc21.[N-]=[N+]=[N-].[Na+]. The number of tetrazole rings is 1. The van der Waals surface area contributed by atoms with Gasteiger partial charge in [0.1, 0.15) is 23.3 Å². The van der Waals surface area contributed by atoms with Crippen LogP contribution in [-0.2, 0) is 30.8 Å². The summed E-state index contributed by atoms with van der Waals surface area (Å²) < 4.78 is 27.7. The van der Waals surface area contributed by atoms with Gasteiger partial charge in [0.05, 0.1) is 49.0 Å². The molecule has 18 nitrogen and oxygen atoms in total. The van der Waals surface area contributed by atoms with Gasteiger partial charge >= 0.3 is 29.6 Å². The fourth-order valence-corrected chi connectivity index (χ4v) is 6.20. The first-order valence-electron chi connectivity index (χ1n) is 19.2. The van der Waals surface area contributed by atoms with E-state index in [0.717, 1.165) is 92.7 Å². The molecule has 20 heteroatoms. The maximum Gasteiger partial charge on any atom is 1.00 e. The van der Waals surface area contributed by atoms with Crippen molar-refractivity contribution in [2.24, 2.45) is 0 Å². The van der Waals surface area contributed by atoms with Crippen LogP contribution in [0, 0.1) is 11.3 Å². The van der Waals surface area contributed by atoms with Crippen LogP contribution in [0.1, 0.15) is 52.5 Å². The molecule has 0 aliphatic rings. The van der Waals surface area contributed by atoms with Gasteiger partial charge in [-0.1, -0.05) is 13.8 Å². The molecule has 0 aliphatic heterocycles. The normalized spacial score (nSPS) is 10.0. The number of H-pyrrole nitrogens is 1. The summed E-state index contributed by atoms with van der Waals surface area (Å²) >= 11 is 4.82. The topological polar surface area (TPSA) is 235 Å². The van der Waals surface area contributed by atoms with Crippen molar-refractivity contribution in [1.29, 1.82) is 5.26 Å². The number of benzene rings is 3. The Hall–Kier alpha value is -6.35. The Morgan fingerprint density at radius 1 is 0.758 bits per heavy atom. The molecule has 8 rings (SSSR count). The van der Waals surface area contributed by atoms with E-state index in [9.17, 15) is 4.79 Å². The van der Waals surface area contributed by atoms with E-state index in [2.05, 4.69) is 77.6 Å². The summed E-state index contributed by atoms with van der Waals surface area (Å²) in [5, 5.41) is 34.2. The van der Waals surface area contributed by atoms with Gasteiger partial charge < -0.3 is 43.4 Å². The van der Waals surface area contributed by atoms with Gasteiger partial charge in [0.2, 0.25) is 22.8 Å². The molecule has 0 radical (unpaired) electrons. The van der Waals surface area contributed by atoms with Gasteiger partial charge in [0, 0.05) is 91.0 Å². The number of nitrogens with zero attached hydrogens (tertiary/aromatic N) is 12. The van der Waals surface area contributed by atoms with Crippen molar-refractivity contribution in [3.05, 3.63) is 101 Å². The fraction of sp³-hybridized carbons (Fsp3) is 0.310. The quantitative estimate of drug-likeness (QED) is 0.0499. The molecule has 62 heavy (non-hydrogen) atoms. The van der Waals surface area contributed by atoms with E-state index in [1.165, 1.54) is 4.91 Å². The van der Waals surface area contributed by atoms with Gasteiger partial charge in [-0.3, -0.25) is 9.71 Å². The molecule has 0 saturated carbocycles. The van der Waals surface area contributed by atoms with Crippen LogP contribution in [0.25, 0.3) is 71.5 Å². The smallest absolute Gasteiger partial charge is 0.497 e. The fourth-order valence-electron chi connectivity index (χ4n) is 6.20. The van der Waals surface area contributed by atoms with Crippen molar-refractivity contribution >= 4 is 49.6 Å². The predicted octanol–water partition coefficient (Wildman–Crippen LogP) is 6.71. The molecule has 0 spiro atoms. The molecule has 0 atom stereocenters. The number of nitrogens with one attached hydrogen (secondary N) is 1. The van der Waals surface area contributed by atoms with E-state index in [1.54, 1.807) is 28.3 Å². The molecule has 8 aromatic rings. The number of hydrogen-bond donors (Lipinski definition) is 1. The predicted molar refractivity (Wildman–Crippen MR) is 234 cm³/mol. The minimum Gasteiger partial charge on any atom is -0.497 e. The number of fused-ring (bicyclic) bond motifs is 3. The number of aryl methyl sites for hydroxylation is 4. The first-order chi connectivity index (χ1) is 29.6. The Kier molecular flexibility index (Phi) is 20.0. The van der Waals surface area contributed by atoms with E-state index in [0.29, 0.717) is 24.0 Å². The second-order valence-corrected chi connectivity index (χ2v) is 13.1. The molecular weight excluding hydrogens is 825 g/mol. The van der Waals surface area contributed by atoms with E-state index in [4.69, 9.17) is 46.6 Å². The molecular formula is C42H47ClN13NaO5. The number of hydrogen-bond acceptors (Lipinski definition) is 11. The van der Waals surface area contributed by atoms with E-state index < -0.39 is 0 Å². The number of aromatic amines is 1. The second kappa shape index (κ2) is 24.8. The minimum absolute atomic E-state index is 0. The van der Waals surface area contributed by atoms with Crippen LogP contribution in [0.15, 0.2) is 77.6 Å². The average Bonchev–Trinajstić information content (AvgIpc) is 4.16. The van der Waals surface area contributed by atoms with Crippen LogP contribution in [0.5, 0.6) is 17.2 Å². The number of ether oxygens (including phenoxy) is 3. The number of methoxy groups -OCH3 is 3. The van der Waals surface area contributed by atoms with Crippen molar-refractivity contribution in [3.8, 4) is 46.2 Å². The van der Waals surface area contributed by atoms with Gasteiger partial charge in [-0.2, -0.15) is 10.5 Å². The first kappa shape index (κ1) is 50.0. The third-order valence-corrected chi connectivity index (χ3v) is 9.54. The van der Waals surface area contributed by atoms with Gasteiger partial charge in [-0.15, -0.1) is 20.4 Å². The minimum atomic E-state index is -0.273. The summed E-state index contributed by atoms with van der Waals surface area (Å²) in [4.78, 5) is 11.1. The number of halogens is 1. The molecule has 0 bridgehead atoms. The van der Waals surface area contributed by atoms with Crippen LogP contribution in [0.3, 0.4) is 0 Å². The number of nitriles is 1. The Morgan fingerprint density at radius 2 is 1.21 bits per heavy atom. The van der Waals surface area contributed by atoms with Crippen molar-refractivity contribution in [2.75, 3.05) is 21.3 Å². The summed E-state index contributed by atoms with van der Waals surface area (Å²) in [5.41, 5.74) is 19.4. The zero-order valence-corrected chi connectivity index (χ0v) is 39.0. The average molecular weight is 872 g/mol. The zero-order valence-electron chi connectivity index (χ0n) is 36.2. The number of carbonyl (C=O) groups is 1. The summed E-state index contributed by atoms with van der Waals surface area (Å²) in [5.74, 6) is 4.35. The molecule has 0 fully saturated rings. The molecule has 0 aliphatic carbocycles. The Balaban J connectivity index is 0.000000228. The van der Waals surface area contributed by atoms with Crippen molar-refractivity contribution in [1.82, 2.24) is 44.5 Å². The van der Waals surface area contributed by atoms with E-state index in [-0.39, 0.29) is 34.8 Å².